The van der Waals surface area contributed by atoms with Crippen LogP contribution in [0.15, 0.2) is 40.1 Å². The number of nitrogens with zero attached hydrogens (tertiary/aromatic N) is 1. The smallest absolute Gasteiger partial charge is 0.330 e. The second-order valence-corrected chi connectivity index (χ2v) is 6.87. The minimum absolute atomic E-state index is 0.240. The van der Waals surface area contributed by atoms with Crippen LogP contribution in [-0.2, 0) is 4.74 Å². The molecule has 3 atom stereocenters. The van der Waals surface area contributed by atoms with Crippen LogP contribution in [0.25, 0.3) is 0 Å². The molecular formula is C18H22N4O5S. The van der Waals surface area contributed by atoms with Crippen LogP contribution in [0.5, 0.6) is 5.75 Å². The lowest BCUT2D eigenvalue weighted by atomic mass is 10.1. The predicted molar refractivity (Wildman–Crippen MR) is 108 cm³/mol. The van der Waals surface area contributed by atoms with E-state index in [4.69, 9.17) is 21.7 Å². The van der Waals surface area contributed by atoms with Gasteiger partial charge in [0.25, 0.3) is 5.56 Å². The van der Waals surface area contributed by atoms with Crippen molar-refractivity contribution in [2.45, 2.75) is 31.7 Å². The number of nitrogens with one attached hydrogen (secondary N) is 3. The van der Waals surface area contributed by atoms with E-state index in [2.05, 4.69) is 15.6 Å². The Morgan fingerprint density at radius 1 is 1.39 bits per heavy atom. The van der Waals surface area contributed by atoms with E-state index >= 15 is 0 Å². The van der Waals surface area contributed by atoms with E-state index in [-0.39, 0.29) is 12.6 Å². The van der Waals surface area contributed by atoms with Crippen LogP contribution in [0.3, 0.4) is 0 Å². The molecule has 4 N–H and O–H groups in total. The van der Waals surface area contributed by atoms with Gasteiger partial charge in [-0.1, -0.05) is 0 Å². The zero-order valence-corrected chi connectivity index (χ0v) is 16.3. The predicted octanol–water partition coefficient (Wildman–Crippen LogP) is 0.489. The van der Waals surface area contributed by atoms with Gasteiger partial charge in [0.05, 0.1) is 19.8 Å². The van der Waals surface area contributed by atoms with E-state index < -0.39 is 23.6 Å². The van der Waals surface area contributed by atoms with E-state index in [1.165, 1.54) is 10.8 Å². The summed E-state index contributed by atoms with van der Waals surface area (Å²) >= 11 is 5.35. The van der Waals surface area contributed by atoms with Gasteiger partial charge in [-0.25, -0.2) is 4.79 Å². The first-order chi connectivity index (χ1) is 13.4. The number of aryl methyl sites for hydroxylation is 1. The van der Waals surface area contributed by atoms with E-state index in [9.17, 15) is 14.7 Å². The van der Waals surface area contributed by atoms with E-state index in [1.807, 2.05) is 12.1 Å². The second kappa shape index (κ2) is 8.55. The molecular weight excluding hydrogens is 384 g/mol. The first-order valence-electron chi connectivity index (χ1n) is 8.71. The van der Waals surface area contributed by atoms with Crippen LogP contribution < -0.4 is 26.6 Å². The summed E-state index contributed by atoms with van der Waals surface area (Å²) in [5, 5.41) is 16.2. The van der Waals surface area contributed by atoms with Crippen molar-refractivity contribution in [1.82, 2.24) is 14.9 Å². The average Bonchev–Trinajstić information content (AvgIpc) is 3.07. The van der Waals surface area contributed by atoms with Crippen LogP contribution in [0, 0.1) is 6.92 Å². The van der Waals surface area contributed by atoms with Gasteiger partial charge >= 0.3 is 5.69 Å². The number of aromatic amines is 1. The van der Waals surface area contributed by atoms with Crippen molar-refractivity contribution in [2.24, 2.45) is 0 Å². The van der Waals surface area contributed by atoms with E-state index in [0.717, 1.165) is 11.4 Å². The maximum absolute atomic E-state index is 12.1. The normalized spacial score (nSPS) is 21.3. The Balaban J connectivity index is 1.68. The molecule has 1 aromatic carbocycles. The molecule has 0 amide bonds. The van der Waals surface area contributed by atoms with Crippen LogP contribution in [0.4, 0.5) is 5.69 Å². The molecule has 1 aromatic heterocycles. The third kappa shape index (κ3) is 4.41. The number of rotatable bonds is 5. The topological polar surface area (TPSA) is 118 Å². The number of aromatic nitrogens is 2. The summed E-state index contributed by atoms with van der Waals surface area (Å²) in [5.41, 5.74) is 0.188. The molecule has 1 unspecified atom stereocenters. The fourth-order valence-corrected chi connectivity index (χ4v) is 3.30. The van der Waals surface area contributed by atoms with Crippen LogP contribution in [0.2, 0.25) is 0 Å². The van der Waals surface area contributed by atoms with Crippen LogP contribution >= 0.6 is 12.2 Å². The Labute approximate surface area is 166 Å². The fourth-order valence-electron chi connectivity index (χ4n) is 3.03. The van der Waals surface area contributed by atoms with Crippen molar-refractivity contribution >= 4 is 23.0 Å². The molecule has 0 radical (unpaired) electrons. The van der Waals surface area contributed by atoms with Gasteiger partial charge in [0.15, 0.2) is 5.11 Å². The van der Waals surface area contributed by atoms with E-state index in [1.54, 1.807) is 26.2 Å². The number of hydrogen-bond donors (Lipinski definition) is 4. The molecule has 10 heteroatoms. The van der Waals surface area contributed by atoms with Crippen molar-refractivity contribution in [2.75, 3.05) is 19.0 Å². The molecule has 0 saturated carbocycles. The Hall–Kier alpha value is -2.69. The Morgan fingerprint density at radius 2 is 2.11 bits per heavy atom. The molecule has 28 heavy (non-hydrogen) atoms. The van der Waals surface area contributed by atoms with Gasteiger partial charge in [0.1, 0.15) is 18.1 Å². The minimum atomic E-state index is -0.624. The molecule has 3 rings (SSSR count). The zero-order chi connectivity index (χ0) is 20.3. The second-order valence-electron chi connectivity index (χ2n) is 6.46. The first kappa shape index (κ1) is 20.1. The molecule has 2 aromatic rings. The Morgan fingerprint density at radius 3 is 2.75 bits per heavy atom. The van der Waals surface area contributed by atoms with Crippen LogP contribution in [0.1, 0.15) is 18.2 Å². The maximum Gasteiger partial charge on any atom is 0.330 e. The summed E-state index contributed by atoms with van der Waals surface area (Å²) in [4.78, 5) is 25.9. The third-order valence-corrected chi connectivity index (χ3v) is 4.76. The fraction of sp³-hybridized carbons (Fsp3) is 0.389. The summed E-state index contributed by atoms with van der Waals surface area (Å²) < 4.78 is 12.2. The average molecular weight is 406 g/mol. The van der Waals surface area contributed by atoms with Gasteiger partial charge in [-0.2, -0.15) is 0 Å². The number of aliphatic hydroxyl groups is 1. The zero-order valence-electron chi connectivity index (χ0n) is 15.5. The number of hydrogen-bond acceptors (Lipinski definition) is 6. The molecule has 1 aliphatic heterocycles. The summed E-state index contributed by atoms with van der Waals surface area (Å²) in [6.45, 7) is 1.37. The number of thiocarbonyl (C=S) groups is 1. The number of H-pyrrole nitrogens is 1. The molecule has 0 spiro atoms. The molecule has 9 nitrogen and oxygen atoms in total. The largest absolute Gasteiger partial charge is 0.497 e. The molecule has 150 valence electrons. The molecule has 1 fully saturated rings. The highest BCUT2D eigenvalue weighted by molar-refractivity contribution is 7.80. The Bertz CT molecular complexity index is 956. The van der Waals surface area contributed by atoms with Crippen LogP contribution in [-0.4, -0.2) is 45.6 Å². The monoisotopic (exact) mass is 406 g/mol. The quantitative estimate of drug-likeness (QED) is 0.530. The van der Waals surface area contributed by atoms with Gasteiger partial charge in [0, 0.05) is 23.9 Å². The first-order valence-corrected chi connectivity index (χ1v) is 9.12. The molecule has 1 aliphatic rings. The van der Waals surface area contributed by atoms with Gasteiger partial charge in [-0.15, -0.1) is 0 Å². The van der Waals surface area contributed by atoms with Crippen molar-refractivity contribution in [3.63, 3.8) is 0 Å². The Kier molecular flexibility index (Phi) is 6.12. The molecule has 0 bridgehead atoms. The molecule has 2 heterocycles. The summed E-state index contributed by atoms with van der Waals surface area (Å²) in [6, 6.07) is 6.95. The molecule has 0 aliphatic carbocycles. The third-order valence-electron chi connectivity index (χ3n) is 4.54. The number of anilines is 1. The lowest BCUT2D eigenvalue weighted by Gasteiger charge is -2.19. The molecule has 1 saturated heterocycles. The number of methoxy groups -OCH3 is 1. The van der Waals surface area contributed by atoms with E-state index in [0.29, 0.717) is 17.1 Å². The number of ether oxygens (including phenoxy) is 2. The highest BCUT2D eigenvalue weighted by Crippen LogP contribution is 2.27. The minimum Gasteiger partial charge on any atom is -0.497 e. The van der Waals surface area contributed by atoms with Crippen molar-refractivity contribution in [1.29, 1.82) is 0 Å². The lowest BCUT2D eigenvalue weighted by Crippen LogP contribution is -2.43. The van der Waals surface area contributed by atoms with Crippen molar-refractivity contribution < 1.29 is 14.6 Å². The summed E-state index contributed by atoms with van der Waals surface area (Å²) in [7, 11) is 1.59. The maximum atomic E-state index is 12.1. The summed E-state index contributed by atoms with van der Waals surface area (Å²) in [5.74, 6) is 0.735. The van der Waals surface area contributed by atoms with Gasteiger partial charge in [-0.05, 0) is 43.4 Å². The van der Waals surface area contributed by atoms with Gasteiger partial charge < -0.3 is 25.2 Å². The van der Waals surface area contributed by atoms with Gasteiger partial charge in [0.2, 0.25) is 0 Å². The number of aliphatic hydroxyl groups excluding tert-OH is 1. The lowest BCUT2D eigenvalue weighted by molar-refractivity contribution is -0.0281. The van der Waals surface area contributed by atoms with Gasteiger partial charge in [-0.3, -0.25) is 14.3 Å². The van der Waals surface area contributed by atoms with Crippen molar-refractivity contribution in [3.05, 3.63) is 56.9 Å². The highest BCUT2D eigenvalue weighted by Gasteiger charge is 2.36. The number of benzene rings is 1. The SMILES string of the molecule is COc1ccc(NC(=S)NC2C[C@H](n3cc(C)c(=O)[nH]c3=O)O[C@@H]2CO)cc1. The van der Waals surface area contributed by atoms with Crippen molar-refractivity contribution in [3.8, 4) is 5.75 Å². The highest BCUT2D eigenvalue weighted by atomic mass is 32.1. The standard InChI is InChI=1S/C18H22N4O5S/c1-10-8-22(18(25)21-16(10)24)15-7-13(14(9-23)27-15)20-17(28)19-11-3-5-12(26-2)6-4-11/h3-6,8,13-15,23H,7,9H2,1-2H3,(H2,19,20,28)(H,21,24,25)/t13?,14-,15-/m1/s1. The summed E-state index contributed by atoms with van der Waals surface area (Å²) in [6.07, 6.45) is 0.665.